The number of anilines is 1. The van der Waals surface area contributed by atoms with Crippen molar-refractivity contribution in [2.24, 2.45) is 5.41 Å². The fraction of sp³-hybridized carbons (Fsp3) is 0.667. The first-order valence-electron chi connectivity index (χ1n) is 10.7. The zero-order valence-electron chi connectivity index (χ0n) is 17.8. The molecule has 2 aromatic heterocycles. The van der Waals surface area contributed by atoms with Gasteiger partial charge in [-0.15, -0.1) is 0 Å². The summed E-state index contributed by atoms with van der Waals surface area (Å²) in [7, 11) is -0.970. The van der Waals surface area contributed by atoms with Crippen molar-refractivity contribution in [1.29, 1.82) is 0 Å². The van der Waals surface area contributed by atoms with Crippen molar-refractivity contribution in [2.75, 3.05) is 37.0 Å². The van der Waals surface area contributed by atoms with Gasteiger partial charge in [0.05, 0.1) is 11.1 Å². The first-order valence-corrected chi connectivity index (χ1v) is 12.8. The van der Waals surface area contributed by atoms with Crippen LogP contribution in [0.25, 0.3) is 11.0 Å². The Morgan fingerprint density at radius 1 is 1.23 bits per heavy atom. The van der Waals surface area contributed by atoms with E-state index in [2.05, 4.69) is 26.9 Å². The smallest absolute Gasteiger partial charge is 0.223 e. The standard InChI is InChI=1S/C21H31N5O3S/c1-25(20-17-5-11-22-19(17)23-15-24-20)16-3-7-21(8-4-16)9-12-26(13-10-21)18(27)6-14-30(2,28)29/h5,11,15-16H,3-4,6-10,12-14H2,1-2H3,(H,22,23,24). The fourth-order valence-corrected chi connectivity index (χ4v) is 5.62. The number of likely N-dealkylation sites (tertiary alicyclic amines) is 1. The Labute approximate surface area is 178 Å². The van der Waals surface area contributed by atoms with Crippen LogP contribution in [-0.4, -0.2) is 72.4 Å². The fourth-order valence-electron chi connectivity index (χ4n) is 5.08. The van der Waals surface area contributed by atoms with Crippen LogP contribution in [-0.2, 0) is 14.6 Å². The Kier molecular flexibility index (Phi) is 5.74. The van der Waals surface area contributed by atoms with Gasteiger partial charge in [-0.25, -0.2) is 18.4 Å². The van der Waals surface area contributed by atoms with Crippen LogP contribution in [0.1, 0.15) is 44.9 Å². The average molecular weight is 434 g/mol. The number of fused-ring (bicyclic) bond motifs is 1. The highest BCUT2D eigenvalue weighted by Gasteiger charge is 2.40. The van der Waals surface area contributed by atoms with Crippen LogP contribution in [0, 0.1) is 5.41 Å². The van der Waals surface area contributed by atoms with E-state index in [1.54, 1.807) is 6.33 Å². The number of H-pyrrole nitrogens is 1. The van der Waals surface area contributed by atoms with Gasteiger partial charge in [0.1, 0.15) is 27.6 Å². The Balaban J connectivity index is 1.32. The second-order valence-corrected chi connectivity index (χ2v) is 11.3. The maximum absolute atomic E-state index is 12.3. The second-order valence-electron chi connectivity index (χ2n) is 9.04. The van der Waals surface area contributed by atoms with Gasteiger partial charge in [0.2, 0.25) is 5.91 Å². The van der Waals surface area contributed by atoms with Crippen molar-refractivity contribution >= 4 is 32.6 Å². The average Bonchev–Trinajstić information content (AvgIpc) is 3.21. The van der Waals surface area contributed by atoms with Crippen molar-refractivity contribution in [3.05, 3.63) is 18.6 Å². The minimum atomic E-state index is -3.10. The van der Waals surface area contributed by atoms with Crippen LogP contribution < -0.4 is 4.90 Å². The zero-order chi connectivity index (χ0) is 21.4. The lowest BCUT2D eigenvalue weighted by Gasteiger charge is -2.47. The molecule has 9 heteroatoms. The number of hydrogen-bond donors (Lipinski definition) is 1. The number of nitrogens with zero attached hydrogens (tertiary/aromatic N) is 4. The van der Waals surface area contributed by atoms with E-state index in [4.69, 9.17) is 0 Å². The summed E-state index contributed by atoms with van der Waals surface area (Å²) < 4.78 is 22.6. The molecular weight excluding hydrogens is 402 g/mol. The highest BCUT2D eigenvalue weighted by atomic mass is 32.2. The summed E-state index contributed by atoms with van der Waals surface area (Å²) in [4.78, 5) is 28.5. The zero-order valence-corrected chi connectivity index (χ0v) is 18.6. The normalized spacial score (nSPS) is 20.0. The molecule has 1 saturated heterocycles. The number of sulfone groups is 1. The van der Waals surface area contributed by atoms with Crippen molar-refractivity contribution < 1.29 is 13.2 Å². The van der Waals surface area contributed by atoms with Crippen LogP contribution >= 0.6 is 0 Å². The molecule has 30 heavy (non-hydrogen) atoms. The monoisotopic (exact) mass is 433 g/mol. The van der Waals surface area contributed by atoms with Gasteiger partial charge in [-0.3, -0.25) is 4.79 Å². The third-order valence-electron chi connectivity index (χ3n) is 7.09. The van der Waals surface area contributed by atoms with Crippen molar-refractivity contribution in [2.45, 2.75) is 51.0 Å². The van der Waals surface area contributed by atoms with Crippen molar-refractivity contribution in [1.82, 2.24) is 19.9 Å². The van der Waals surface area contributed by atoms with E-state index in [9.17, 15) is 13.2 Å². The Bertz CT molecular complexity index is 1000. The van der Waals surface area contributed by atoms with Gasteiger partial charge in [0.25, 0.3) is 0 Å². The molecule has 3 heterocycles. The number of amides is 1. The summed E-state index contributed by atoms with van der Waals surface area (Å²) in [6.45, 7) is 1.50. The van der Waals surface area contributed by atoms with Crippen LogP contribution in [0.2, 0.25) is 0 Å². The molecule has 1 N–H and O–H groups in total. The van der Waals surface area contributed by atoms with Crippen molar-refractivity contribution in [3.63, 3.8) is 0 Å². The SMILES string of the molecule is CN(c1ncnc2[nH]ccc12)C1CCC2(CC1)CCN(C(=O)CCS(C)(=O)=O)CC2. The topological polar surface area (TPSA) is 99.3 Å². The molecule has 4 rings (SSSR count). The van der Waals surface area contributed by atoms with Crippen LogP contribution in [0.5, 0.6) is 0 Å². The van der Waals surface area contributed by atoms with Crippen LogP contribution in [0.4, 0.5) is 5.82 Å². The predicted octanol–water partition coefficient (Wildman–Crippen LogP) is 2.38. The maximum Gasteiger partial charge on any atom is 0.223 e. The molecule has 2 aromatic rings. The minimum absolute atomic E-state index is 0.0250. The van der Waals surface area contributed by atoms with Crippen LogP contribution in [0.3, 0.4) is 0 Å². The van der Waals surface area contributed by atoms with Gasteiger partial charge in [0, 0.05) is 45.1 Å². The molecule has 0 atom stereocenters. The number of carbonyl (C=O) groups is 1. The van der Waals surface area contributed by atoms with E-state index in [0.717, 1.165) is 68.5 Å². The molecule has 0 bridgehead atoms. The number of aromatic nitrogens is 3. The molecule has 1 aliphatic carbocycles. The Hall–Kier alpha value is -2.16. The highest BCUT2D eigenvalue weighted by Crippen LogP contribution is 2.46. The quantitative estimate of drug-likeness (QED) is 0.777. The molecule has 1 amide bonds. The molecule has 164 valence electrons. The van der Waals surface area contributed by atoms with Gasteiger partial charge in [-0.1, -0.05) is 0 Å². The lowest BCUT2D eigenvalue weighted by molar-refractivity contribution is -0.133. The van der Waals surface area contributed by atoms with Crippen molar-refractivity contribution in [3.8, 4) is 0 Å². The summed E-state index contributed by atoms with van der Waals surface area (Å²) in [6, 6.07) is 2.49. The van der Waals surface area contributed by atoms with Gasteiger partial charge in [-0.2, -0.15) is 0 Å². The van der Waals surface area contributed by atoms with E-state index >= 15 is 0 Å². The maximum atomic E-state index is 12.3. The minimum Gasteiger partial charge on any atom is -0.356 e. The third kappa shape index (κ3) is 4.45. The molecule has 0 unspecified atom stereocenters. The molecule has 1 saturated carbocycles. The van der Waals surface area contributed by atoms with Crippen LogP contribution in [0.15, 0.2) is 18.6 Å². The number of carbonyl (C=O) groups excluding carboxylic acids is 1. The summed E-state index contributed by atoms with van der Waals surface area (Å²) >= 11 is 0. The van der Waals surface area contributed by atoms with E-state index in [-0.39, 0.29) is 18.1 Å². The summed E-state index contributed by atoms with van der Waals surface area (Å²) in [5.74, 6) is 0.898. The number of nitrogens with one attached hydrogen (secondary N) is 1. The molecule has 0 aromatic carbocycles. The summed E-state index contributed by atoms with van der Waals surface area (Å²) in [5, 5.41) is 1.06. The molecule has 1 aliphatic heterocycles. The van der Waals surface area contributed by atoms with Gasteiger partial charge < -0.3 is 14.8 Å². The number of rotatable bonds is 5. The first kappa shape index (κ1) is 21.1. The largest absolute Gasteiger partial charge is 0.356 e. The number of piperidine rings is 1. The summed E-state index contributed by atoms with van der Waals surface area (Å²) in [6.07, 6.45) is 11.4. The number of aromatic amines is 1. The molecular formula is C21H31N5O3S. The molecule has 2 fully saturated rings. The molecule has 2 aliphatic rings. The summed E-state index contributed by atoms with van der Waals surface area (Å²) in [5.41, 5.74) is 1.19. The predicted molar refractivity (Wildman–Crippen MR) is 117 cm³/mol. The Morgan fingerprint density at radius 3 is 2.60 bits per heavy atom. The first-order chi connectivity index (χ1) is 14.3. The van der Waals surface area contributed by atoms with E-state index < -0.39 is 9.84 Å². The van der Waals surface area contributed by atoms with E-state index in [1.165, 1.54) is 6.26 Å². The van der Waals surface area contributed by atoms with E-state index in [0.29, 0.717) is 11.5 Å². The van der Waals surface area contributed by atoms with E-state index in [1.807, 2.05) is 17.2 Å². The lowest BCUT2D eigenvalue weighted by atomic mass is 9.66. The van der Waals surface area contributed by atoms with Gasteiger partial charge in [0.15, 0.2) is 0 Å². The lowest BCUT2D eigenvalue weighted by Crippen LogP contribution is -2.47. The molecule has 8 nitrogen and oxygen atoms in total. The molecule has 1 spiro atoms. The Morgan fingerprint density at radius 2 is 1.93 bits per heavy atom. The number of hydrogen-bond acceptors (Lipinski definition) is 6. The van der Waals surface area contributed by atoms with Gasteiger partial charge in [-0.05, 0) is 50.0 Å². The van der Waals surface area contributed by atoms with Gasteiger partial charge >= 0.3 is 0 Å². The third-order valence-corrected chi connectivity index (χ3v) is 8.04. The second kappa shape index (κ2) is 8.17. The molecule has 0 radical (unpaired) electrons. The highest BCUT2D eigenvalue weighted by molar-refractivity contribution is 7.90.